The van der Waals surface area contributed by atoms with Crippen LogP contribution in [-0.2, 0) is 0 Å². The summed E-state index contributed by atoms with van der Waals surface area (Å²) in [7, 11) is 2.25. The van der Waals surface area contributed by atoms with Crippen molar-refractivity contribution in [1.82, 2.24) is 10.2 Å². The van der Waals surface area contributed by atoms with Gasteiger partial charge in [0.25, 0.3) is 0 Å². The average molecular weight is 198 g/mol. The van der Waals surface area contributed by atoms with E-state index in [4.69, 9.17) is 0 Å². The molecule has 1 fully saturated rings. The molecule has 0 radical (unpaired) electrons. The van der Waals surface area contributed by atoms with Gasteiger partial charge in [0.15, 0.2) is 0 Å². The SMILES string of the molecule is CCCCCCNCCN(C)C1CC1. The van der Waals surface area contributed by atoms with Crippen LogP contribution in [0.5, 0.6) is 0 Å². The zero-order valence-electron chi connectivity index (χ0n) is 9.89. The van der Waals surface area contributed by atoms with Gasteiger partial charge in [0.2, 0.25) is 0 Å². The molecule has 1 rings (SSSR count). The number of likely N-dealkylation sites (N-methyl/N-ethyl adjacent to an activating group) is 1. The number of hydrogen-bond acceptors (Lipinski definition) is 2. The van der Waals surface area contributed by atoms with Crippen molar-refractivity contribution in [3.05, 3.63) is 0 Å². The van der Waals surface area contributed by atoms with Crippen molar-refractivity contribution in [2.24, 2.45) is 0 Å². The lowest BCUT2D eigenvalue weighted by Crippen LogP contribution is -2.31. The lowest BCUT2D eigenvalue weighted by molar-refractivity contribution is 0.321. The normalized spacial score (nSPS) is 16.5. The van der Waals surface area contributed by atoms with E-state index in [9.17, 15) is 0 Å². The highest BCUT2D eigenvalue weighted by Gasteiger charge is 2.25. The van der Waals surface area contributed by atoms with Gasteiger partial charge in [-0.25, -0.2) is 0 Å². The van der Waals surface area contributed by atoms with Crippen LogP contribution < -0.4 is 5.32 Å². The monoisotopic (exact) mass is 198 g/mol. The van der Waals surface area contributed by atoms with E-state index in [2.05, 4.69) is 24.2 Å². The predicted octanol–water partition coefficient (Wildman–Crippen LogP) is 2.25. The van der Waals surface area contributed by atoms with Crippen molar-refractivity contribution in [2.75, 3.05) is 26.7 Å². The highest BCUT2D eigenvalue weighted by atomic mass is 15.2. The maximum Gasteiger partial charge on any atom is 0.0107 e. The fourth-order valence-electron chi connectivity index (χ4n) is 1.76. The van der Waals surface area contributed by atoms with Crippen LogP contribution in [0.3, 0.4) is 0 Å². The molecule has 2 nitrogen and oxygen atoms in total. The van der Waals surface area contributed by atoms with Crippen LogP contribution in [0.2, 0.25) is 0 Å². The van der Waals surface area contributed by atoms with E-state index >= 15 is 0 Å². The van der Waals surface area contributed by atoms with Crippen molar-refractivity contribution < 1.29 is 0 Å². The second-order valence-electron chi connectivity index (χ2n) is 4.52. The zero-order chi connectivity index (χ0) is 10.2. The van der Waals surface area contributed by atoms with Crippen LogP contribution in [0.15, 0.2) is 0 Å². The van der Waals surface area contributed by atoms with Gasteiger partial charge in [0.1, 0.15) is 0 Å². The van der Waals surface area contributed by atoms with Gasteiger partial charge >= 0.3 is 0 Å². The molecule has 0 atom stereocenters. The van der Waals surface area contributed by atoms with Crippen LogP contribution in [0.25, 0.3) is 0 Å². The highest BCUT2D eigenvalue weighted by Crippen LogP contribution is 2.24. The largest absolute Gasteiger partial charge is 0.315 e. The van der Waals surface area contributed by atoms with Gasteiger partial charge < -0.3 is 10.2 Å². The molecular formula is C12H26N2. The van der Waals surface area contributed by atoms with E-state index in [1.807, 2.05) is 0 Å². The van der Waals surface area contributed by atoms with Crippen LogP contribution in [0.1, 0.15) is 45.4 Å². The molecule has 0 aromatic carbocycles. The van der Waals surface area contributed by atoms with Crippen LogP contribution in [-0.4, -0.2) is 37.6 Å². The highest BCUT2D eigenvalue weighted by molar-refractivity contribution is 4.82. The van der Waals surface area contributed by atoms with E-state index in [1.165, 1.54) is 58.2 Å². The molecule has 0 heterocycles. The van der Waals surface area contributed by atoms with Gasteiger partial charge in [-0.1, -0.05) is 26.2 Å². The third kappa shape index (κ3) is 5.61. The molecular weight excluding hydrogens is 172 g/mol. The van der Waals surface area contributed by atoms with E-state index < -0.39 is 0 Å². The first-order chi connectivity index (χ1) is 6.84. The average Bonchev–Trinajstić information content (AvgIpc) is 2.99. The first-order valence-electron chi connectivity index (χ1n) is 6.25. The first kappa shape index (κ1) is 12.0. The lowest BCUT2D eigenvalue weighted by atomic mass is 10.2. The summed E-state index contributed by atoms with van der Waals surface area (Å²) in [4.78, 5) is 2.49. The Balaban J connectivity index is 1.75. The number of rotatable bonds is 9. The fourth-order valence-corrected chi connectivity index (χ4v) is 1.76. The topological polar surface area (TPSA) is 15.3 Å². The van der Waals surface area contributed by atoms with Gasteiger partial charge in [-0.15, -0.1) is 0 Å². The molecule has 0 aromatic rings. The Morgan fingerprint density at radius 1 is 1.14 bits per heavy atom. The number of nitrogens with one attached hydrogen (secondary N) is 1. The van der Waals surface area contributed by atoms with Crippen molar-refractivity contribution in [1.29, 1.82) is 0 Å². The Bertz CT molecular complexity index is 132. The summed E-state index contributed by atoms with van der Waals surface area (Å²) in [6.07, 6.45) is 8.32. The minimum atomic E-state index is 0.914. The summed E-state index contributed by atoms with van der Waals surface area (Å²) < 4.78 is 0. The Hall–Kier alpha value is -0.0800. The Morgan fingerprint density at radius 2 is 1.93 bits per heavy atom. The summed E-state index contributed by atoms with van der Waals surface area (Å²) in [5.41, 5.74) is 0. The molecule has 14 heavy (non-hydrogen) atoms. The van der Waals surface area contributed by atoms with Crippen molar-refractivity contribution >= 4 is 0 Å². The predicted molar refractivity (Wildman–Crippen MR) is 62.7 cm³/mol. The molecule has 0 unspecified atom stereocenters. The van der Waals surface area contributed by atoms with Crippen molar-refractivity contribution in [3.8, 4) is 0 Å². The van der Waals surface area contributed by atoms with Crippen molar-refractivity contribution in [3.63, 3.8) is 0 Å². The van der Waals surface area contributed by atoms with E-state index in [0.29, 0.717) is 0 Å². The number of nitrogens with zero attached hydrogens (tertiary/aromatic N) is 1. The Kier molecular flexibility index (Phi) is 6.20. The van der Waals surface area contributed by atoms with Gasteiger partial charge in [-0.05, 0) is 32.9 Å². The fraction of sp³-hybridized carbons (Fsp3) is 1.00. The van der Waals surface area contributed by atoms with Crippen LogP contribution in [0, 0.1) is 0 Å². The third-order valence-electron chi connectivity index (χ3n) is 3.02. The number of hydrogen-bond donors (Lipinski definition) is 1. The van der Waals surface area contributed by atoms with Gasteiger partial charge in [-0.2, -0.15) is 0 Å². The summed E-state index contributed by atoms with van der Waals surface area (Å²) in [5, 5.41) is 3.52. The van der Waals surface area contributed by atoms with Crippen molar-refractivity contribution in [2.45, 2.75) is 51.5 Å². The summed E-state index contributed by atoms with van der Waals surface area (Å²) >= 11 is 0. The van der Waals surface area contributed by atoms with Crippen LogP contribution in [0.4, 0.5) is 0 Å². The molecule has 0 spiro atoms. The molecule has 0 saturated heterocycles. The van der Waals surface area contributed by atoms with E-state index in [-0.39, 0.29) is 0 Å². The molecule has 1 aliphatic carbocycles. The smallest absolute Gasteiger partial charge is 0.0107 e. The maximum absolute atomic E-state index is 3.52. The minimum absolute atomic E-state index is 0.914. The van der Waals surface area contributed by atoms with Crippen LogP contribution >= 0.6 is 0 Å². The molecule has 1 aliphatic rings. The van der Waals surface area contributed by atoms with E-state index in [1.54, 1.807) is 0 Å². The second kappa shape index (κ2) is 7.24. The molecule has 2 heteroatoms. The van der Waals surface area contributed by atoms with Gasteiger partial charge in [-0.3, -0.25) is 0 Å². The van der Waals surface area contributed by atoms with E-state index in [0.717, 1.165) is 6.04 Å². The first-order valence-corrected chi connectivity index (χ1v) is 6.25. The summed E-state index contributed by atoms with van der Waals surface area (Å²) in [6, 6.07) is 0.914. The molecule has 1 saturated carbocycles. The molecule has 0 aliphatic heterocycles. The lowest BCUT2D eigenvalue weighted by Gasteiger charge is -2.15. The maximum atomic E-state index is 3.52. The summed E-state index contributed by atoms with van der Waals surface area (Å²) in [6.45, 7) is 5.86. The minimum Gasteiger partial charge on any atom is -0.315 e. The Morgan fingerprint density at radius 3 is 2.57 bits per heavy atom. The molecule has 0 amide bonds. The molecule has 84 valence electrons. The molecule has 1 N–H and O–H groups in total. The third-order valence-corrected chi connectivity index (χ3v) is 3.02. The second-order valence-corrected chi connectivity index (χ2v) is 4.52. The zero-order valence-corrected chi connectivity index (χ0v) is 9.89. The summed E-state index contributed by atoms with van der Waals surface area (Å²) in [5.74, 6) is 0. The number of unbranched alkanes of at least 4 members (excludes halogenated alkanes) is 3. The quantitative estimate of drug-likeness (QED) is 0.572. The molecule has 0 aromatic heterocycles. The van der Waals surface area contributed by atoms with Gasteiger partial charge in [0, 0.05) is 19.1 Å². The van der Waals surface area contributed by atoms with Gasteiger partial charge in [0.05, 0.1) is 0 Å². The Labute approximate surface area is 89.1 Å². The molecule has 0 bridgehead atoms. The standard InChI is InChI=1S/C12H26N2/c1-3-4-5-6-9-13-10-11-14(2)12-7-8-12/h12-13H,3-11H2,1-2H3.